The molecule has 140 valence electrons. The molecule has 0 aliphatic rings. The fraction of sp³-hybridized carbons (Fsp3) is 0. The van der Waals surface area contributed by atoms with Gasteiger partial charge in [0.05, 0.1) is 16.8 Å². The molecule has 1 heterocycles. The van der Waals surface area contributed by atoms with Crippen LogP contribution in [0.4, 0.5) is 30.8 Å². The highest BCUT2D eigenvalue weighted by Crippen LogP contribution is 2.35. The summed E-state index contributed by atoms with van der Waals surface area (Å²) in [6.45, 7) is 0. The van der Waals surface area contributed by atoms with Gasteiger partial charge in [0.15, 0.2) is 5.82 Å². The van der Waals surface area contributed by atoms with Gasteiger partial charge in [0.25, 0.3) is 0 Å². The molecule has 0 aliphatic carbocycles. The number of nitrogen functional groups attached to an aromatic ring is 1. The summed E-state index contributed by atoms with van der Waals surface area (Å²) < 4.78 is 28.1. The van der Waals surface area contributed by atoms with Crippen LogP contribution < -0.4 is 16.4 Å². The Labute approximate surface area is 158 Å². The van der Waals surface area contributed by atoms with Crippen LogP contribution in [0.1, 0.15) is 0 Å². The van der Waals surface area contributed by atoms with E-state index in [1.807, 2.05) is 0 Å². The Morgan fingerprint density at radius 1 is 0.964 bits per heavy atom. The Hall–Kier alpha value is -3.94. The number of rotatable bonds is 3. The summed E-state index contributed by atoms with van der Waals surface area (Å²) in [5.41, 5.74) is 13.4. The van der Waals surface area contributed by atoms with Crippen molar-refractivity contribution in [1.29, 1.82) is 0 Å². The van der Waals surface area contributed by atoms with E-state index in [0.717, 1.165) is 10.5 Å². The minimum Gasteiger partial charge on any atom is -0.382 e. The van der Waals surface area contributed by atoms with Gasteiger partial charge < -0.3 is 11.5 Å². The van der Waals surface area contributed by atoms with Gasteiger partial charge in [-0.15, -0.1) is 0 Å². The molecule has 0 saturated carbocycles. The van der Waals surface area contributed by atoms with Gasteiger partial charge in [0, 0.05) is 0 Å². The van der Waals surface area contributed by atoms with Gasteiger partial charge in [0.1, 0.15) is 17.2 Å². The zero-order valence-electron chi connectivity index (χ0n) is 14.5. The van der Waals surface area contributed by atoms with Gasteiger partial charge in [-0.05, 0) is 41.5 Å². The lowest BCUT2D eigenvalue weighted by atomic mass is 10.0. The lowest BCUT2D eigenvalue weighted by Gasteiger charge is -2.21. The number of benzene rings is 3. The molecule has 0 fully saturated rings. The second-order valence-electron chi connectivity index (χ2n) is 6.13. The highest BCUT2D eigenvalue weighted by Gasteiger charge is 2.19. The van der Waals surface area contributed by atoms with E-state index in [-0.39, 0.29) is 17.0 Å². The first kappa shape index (κ1) is 17.5. The second kappa shape index (κ2) is 6.66. The Morgan fingerprint density at radius 3 is 2.36 bits per heavy atom. The van der Waals surface area contributed by atoms with E-state index in [1.54, 1.807) is 36.4 Å². The fourth-order valence-electron chi connectivity index (χ4n) is 3.17. The van der Waals surface area contributed by atoms with Gasteiger partial charge in [-0.25, -0.2) is 13.6 Å². The lowest BCUT2D eigenvalue weighted by Crippen LogP contribution is -2.32. The van der Waals surface area contributed by atoms with Crippen molar-refractivity contribution in [3.63, 3.8) is 0 Å². The number of urea groups is 1. The highest BCUT2D eigenvalue weighted by molar-refractivity contribution is 6.02. The van der Waals surface area contributed by atoms with Gasteiger partial charge in [-0.1, -0.05) is 30.3 Å². The normalized spacial score (nSPS) is 10.9. The number of aromatic nitrogens is 2. The van der Waals surface area contributed by atoms with Gasteiger partial charge in [-0.3, -0.25) is 10.00 Å². The molecule has 0 radical (unpaired) electrons. The van der Waals surface area contributed by atoms with E-state index >= 15 is 0 Å². The van der Waals surface area contributed by atoms with E-state index in [4.69, 9.17) is 11.5 Å². The molecule has 5 N–H and O–H groups in total. The van der Waals surface area contributed by atoms with Crippen LogP contribution in [0.25, 0.3) is 22.0 Å². The lowest BCUT2D eigenvalue weighted by molar-refractivity contribution is 0.256. The summed E-state index contributed by atoms with van der Waals surface area (Å²) in [5.74, 6) is -0.852. The molecule has 0 spiro atoms. The van der Waals surface area contributed by atoms with Gasteiger partial charge in [0.2, 0.25) is 0 Å². The molecule has 0 unspecified atom stereocenters. The number of halogens is 2. The number of hydrogen-bond donors (Lipinski definition) is 3. The van der Waals surface area contributed by atoms with Gasteiger partial charge in [-0.2, -0.15) is 5.10 Å². The molecule has 0 atom stereocenters. The third kappa shape index (κ3) is 2.81. The fourth-order valence-corrected chi connectivity index (χ4v) is 3.17. The molecule has 4 rings (SSSR count). The van der Waals surface area contributed by atoms with Crippen LogP contribution in [-0.4, -0.2) is 16.2 Å². The smallest absolute Gasteiger partial charge is 0.323 e. The Balaban J connectivity index is 1.79. The molecule has 0 aliphatic heterocycles. The maximum Gasteiger partial charge on any atom is 0.323 e. The van der Waals surface area contributed by atoms with E-state index in [1.165, 1.54) is 24.3 Å². The number of fused-ring (bicyclic) bond motifs is 1. The van der Waals surface area contributed by atoms with Crippen molar-refractivity contribution >= 4 is 34.1 Å². The minimum atomic E-state index is -0.818. The van der Waals surface area contributed by atoms with Crippen molar-refractivity contribution < 1.29 is 13.6 Å². The van der Waals surface area contributed by atoms with Crippen LogP contribution in [0.5, 0.6) is 0 Å². The Bertz CT molecular complexity index is 1190. The van der Waals surface area contributed by atoms with Gasteiger partial charge >= 0.3 is 6.03 Å². The number of anilines is 3. The van der Waals surface area contributed by atoms with Crippen molar-refractivity contribution in [2.45, 2.75) is 0 Å². The third-order valence-corrected chi connectivity index (χ3v) is 4.45. The molecule has 6 nitrogen and oxygen atoms in total. The zero-order chi connectivity index (χ0) is 19.8. The number of H-pyrrole nitrogens is 1. The van der Waals surface area contributed by atoms with Crippen molar-refractivity contribution in [3.8, 4) is 11.1 Å². The molecule has 1 aromatic heterocycles. The molecule has 0 bridgehead atoms. The number of nitrogens with one attached hydrogen (secondary N) is 1. The minimum absolute atomic E-state index is 0.0472. The summed E-state index contributed by atoms with van der Waals surface area (Å²) in [6.07, 6.45) is 0. The van der Waals surface area contributed by atoms with Crippen LogP contribution in [0.15, 0.2) is 60.7 Å². The molecule has 2 amide bonds. The predicted octanol–water partition coefficient (Wildman–Crippen LogP) is 4.31. The van der Waals surface area contributed by atoms with E-state index < -0.39 is 17.7 Å². The number of carbonyl (C=O) groups is 1. The van der Waals surface area contributed by atoms with Crippen molar-refractivity contribution in [1.82, 2.24) is 10.2 Å². The number of amides is 2. The SMILES string of the molecule is NC(=O)N(c1ccc(-c2ccc(F)c3[nH]nc(N)c23)cc1)c1ccccc1F. The van der Waals surface area contributed by atoms with Crippen LogP contribution in [-0.2, 0) is 0 Å². The van der Waals surface area contributed by atoms with Crippen molar-refractivity contribution in [2.75, 3.05) is 10.6 Å². The van der Waals surface area contributed by atoms with Crippen molar-refractivity contribution in [3.05, 3.63) is 72.3 Å². The van der Waals surface area contributed by atoms with Crippen LogP contribution >= 0.6 is 0 Å². The maximum absolute atomic E-state index is 14.1. The highest BCUT2D eigenvalue weighted by atomic mass is 19.1. The topological polar surface area (TPSA) is 101 Å². The number of hydrogen-bond acceptors (Lipinski definition) is 3. The first-order chi connectivity index (χ1) is 13.5. The quantitative estimate of drug-likeness (QED) is 0.494. The second-order valence-corrected chi connectivity index (χ2v) is 6.13. The Kier molecular flexibility index (Phi) is 4.15. The molecule has 28 heavy (non-hydrogen) atoms. The maximum atomic E-state index is 14.1. The van der Waals surface area contributed by atoms with Crippen LogP contribution in [0, 0.1) is 11.6 Å². The van der Waals surface area contributed by atoms with E-state index in [9.17, 15) is 13.6 Å². The Morgan fingerprint density at radius 2 is 1.68 bits per heavy atom. The van der Waals surface area contributed by atoms with Crippen molar-refractivity contribution in [2.24, 2.45) is 5.73 Å². The molecular weight excluding hydrogens is 364 g/mol. The predicted molar refractivity (Wildman–Crippen MR) is 104 cm³/mol. The van der Waals surface area contributed by atoms with Crippen LogP contribution in [0.2, 0.25) is 0 Å². The number of nitrogens with two attached hydrogens (primary N) is 2. The van der Waals surface area contributed by atoms with Crippen LogP contribution in [0.3, 0.4) is 0 Å². The third-order valence-electron chi connectivity index (χ3n) is 4.45. The summed E-state index contributed by atoms with van der Waals surface area (Å²) in [5, 5.41) is 6.91. The molecular formula is C20H15F2N5O. The zero-order valence-corrected chi connectivity index (χ0v) is 14.5. The number of nitrogens with zero attached hydrogens (tertiary/aromatic N) is 2. The number of primary amides is 1. The summed E-state index contributed by atoms with van der Waals surface area (Å²) in [4.78, 5) is 13.0. The average molecular weight is 379 g/mol. The monoisotopic (exact) mass is 379 g/mol. The molecule has 4 aromatic rings. The number of carbonyl (C=O) groups excluding carboxylic acids is 1. The standard InChI is InChI=1S/C20H15F2N5O/c21-14-3-1-2-4-16(14)27(20(24)28)12-7-5-11(6-8-12)13-9-10-15(22)18-17(13)19(23)26-25-18/h1-10H,(H2,24,28)(H3,23,25,26). The molecule has 0 saturated heterocycles. The summed E-state index contributed by atoms with van der Waals surface area (Å²) >= 11 is 0. The number of para-hydroxylation sites is 1. The molecule has 3 aromatic carbocycles. The summed E-state index contributed by atoms with van der Waals surface area (Å²) in [6, 6.07) is 14.6. The first-order valence-corrected chi connectivity index (χ1v) is 8.34. The van der Waals surface area contributed by atoms with E-state index in [2.05, 4.69) is 10.2 Å². The summed E-state index contributed by atoms with van der Waals surface area (Å²) in [7, 11) is 0. The van der Waals surface area contributed by atoms with E-state index in [0.29, 0.717) is 16.6 Å². The largest absolute Gasteiger partial charge is 0.382 e. The molecule has 8 heteroatoms. The first-order valence-electron chi connectivity index (χ1n) is 8.34. The average Bonchev–Trinajstić information content (AvgIpc) is 3.07. The number of aromatic amines is 1.